The number of anilines is 1. The Kier molecular flexibility index (Phi) is 3.57. The van der Waals surface area contributed by atoms with Gasteiger partial charge in [-0.2, -0.15) is 0 Å². The summed E-state index contributed by atoms with van der Waals surface area (Å²) in [5.41, 5.74) is 4.13. The molecule has 4 heteroatoms. The largest absolute Gasteiger partial charge is 0.384 e. The summed E-state index contributed by atoms with van der Waals surface area (Å²) in [5, 5.41) is 10.1. The fraction of sp³-hybridized carbons (Fsp3) is 0.357. The smallest absolute Gasteiger partial charge is 0.0937 e. The Morgan fingerprint density at radius 2 is 2.39 bits per heavy atom. The molecule has 2 heterocycles. The lowest BCUT2D eigenvalue weighted by molar-refractivity contribution is 0.685. The number of hydrogen-bond donors (Lipinski definition) is 2. The molecule has 18 heavy (non-hydrogen) atoms. The van der Waals surface area contributed by atoms with Crippen LogP contribution < -0.4 is 10.6 Å². The fourth-order valence-corrected chi connectivity index (χ4v) is 2.89. The van der Waals surface area contributed by atoms with Crippen LogP contribution in [-0.4, -0.2) is 18.1 Å². The topological polar surface area (TPSA) is 37.0 Å². The van der Waals surface area contributed by atoms with E-state index in [1.165, 1.54) is 21.8 Å². The summed E-state index contributed by atoms with van der Waals surface area (Å²) in [5.74, 6) is 0. The highest BCUT2D eigenvalue weighted by atomic mass is 32.1. The van der Waals surface area contributed by atoms with Crippen LogP contribution >= 0.6 is 11.3 Å². The summed E-state index contributed by atoms with van der Waals surface area (Å²) < 4.78 is 0. The van der Waals surface area contributed by atoms with Crippen molar-refractivity contribution >= 4 is 17.0 Å². The number of nitrogens with zero attached hydrogens (tertiary/aromatic N) is 1. The van der Waals surface area contributed by atoms with Gasteiger partial charge in [-0.1, -0.05) is 12.1 Å². The Labute approximate surface area is 111 Å². The van der Waals surface area contributed by atoms with Gasteiger partial charge in [0.05, 0.1) is 5.01 Å². The minimum absolute atomic E-state index is 0.943. The Morgan fingerprint density at radius 1 is 1.39 bits per heavy atom. The maximum Gasteiger partial charge on any atom is 0.0937 e. The van der Waals surface area contributed by atoms with Gasteiger partial charge in [-0.3, -0.25) is 0 Å². The van der Waals surface area contributed by atoms with Crippen LogP contribution in [0.5, 0.6) is 0 Å². The van der Waals surface area contributed by atoms with E-state index >= 15 is 0 Å². The van der Waals surface area contributed by atoms with Crippen molar-refractivity contribution in [3.8, 4) is 0 Å². The van der Waals surface area contributed by atoms with Crippen LogP contribution in [0.2, 0.25) is 0 Å². The van der Waals surface area contributed by atoms with Crippen LogP contribution in [0.15, 0.2) is 29.8 Å². The van der Waals surface area contributed by atoms with Gasteiger partial charge in [0.1, 0.15) is 0 Å². The third kappa shape index (κ3) is 2.71. The summed E-state index contributed by atoms with van der Waals surface area (Å²) in [4.78, 5) is 4.28. The number of aromatic nitrogens is 1. The average Bonchev–Trinajstić information content (AvgIpc) is 3.05. The second-order valence-corrected chi connectivity index (χ2v) is 5.50. The van der Waals surface area contributed by atoms with Crippen molar-refractivity contribution in [2.45, 2.75) is 19.4 Å². The molecule has 3 rings (SSSR count). The van der Waals surface area contributed by atoms with E-state index in [2.05, 4.69) is 33.8 Å². The molecule has 1 aliphatic rings. The average molecular weight is 259 g/mol. The van der Waals surface area contributed by atoms with E-state index < -0.39 is 0 Å². The molecule has 0 atom stereocenters. The summed E-state index contributed by atoms with van der Waals surface area (Å²) in [6, 6.07) is 6.71. The fourth-order valence-electron chi connectivity index (χ4n) is 2.27. The first kappa shape index (κ1) is 11.7. The predicted octanol–water partition coefficient (Wildman–Crippen LogP) is 2.44. The van der Waals surface area contributed by atoms with Gasteiger partial charge in [0, 0.05) is 43.3 Å². The van der Waals surface area contributed by atoms with Crippen molar-refractivity contribution in [3.63, 3.8) is 0 Å². The van der Waals surface area contributed by atoms with Gasteiger partial charge in [0.25, 0.3) is 0 Å². The molecule has 1 aliphatic heterocycles. The van der Waals surface area contributed by atoms with Gasteiger partial charge in [-0.15, -0.1) is 11.3 Å². The highest BCUT2D eigenvalue weighted by Crippen LogP contribution is 2.22. The van der Waals surface area contributed by atoms with Crippen LogP contribution in [0.4, 0.5) is 5.69 Å². The monoisotopic (exact) mass is 259 g/mol. The van der Waals surface area contributed by atoms with Crippen LogP contribution in [0.1, 0.15) is 16.1 Å². The SMILES string of the molecule is c1csc(CCNCc2ccc3c(c2)CCN3)n1. The van der Waals surface area contributed by atoms with Crippen molar-refractivity contribution in [1.82, 2.24) is 10.3 Å². The van der Waals surface area contributed by atoms with E-state index in [9.17, 15) is 0 Å². The van der Waals surface area contributed by atoms with Gasteiger partial charge >= 0.3 is 0 Å². The van der Waals surface area contributed by atoms with Crippen molar-refractivity contribution < 1.29 is 0 Å². The molecule has 1 aromatic carbocycles. The van der Waals surface area contributed by atoms with E-state index in [4.69, 9.17) is 0 Å². The summed E-state index contributed by atoms with van der Waals surface area (Å²) in [6.07, 6.45) is 4.04. The lowest BCUT2D eigenvalue weighted by Gasteiger charge is -2.06. The van der Waals surface area contributed by atoms with Gasteiger partial charge in [-0.05, 0) is 23.6 Å². The lowest BCUT2D eigenvalue weighted by Crippen LogP contribution is -2.16. The highest BCUT2D eigenvalue weighted by Gasteiger charge is 2.09. The summed E-state index contributed by atoms with van der Waals surface area (Å²) in [7, 11) is 0. The minimum atomic E-state index is 0.943. The molecule has 2 N–H and O–H groups in total. The zero-order chi connectivity index (χ0) is 12.2. The highest BCUT2D eigenvalue weighted by molar-refractivity contribution is 7.09. The molecule has 0 saturated carbocycles. The van der Waals surface area contributed by atoms with Crippen molar-refractivity contribution in [2.75, 3.05) is 18.4 Å². The molecular weight excluding hydrogens is 242 g/mol. The molecule has 1 aromatic heterocycles. The Hall–Kier alpha value is -1.39. The second-order valence-electron chi connectivity index (χ2n) is 4.52. The zero-order valence-electron chi connectivity index (χ0n) is 10.3. The van der Waals surface area contributed by atoms with Crippen LogP contribution in [0.3, 0.4) is 0 Å². The van der Waals surface area contributed by atoms with E-state index in [0.29, 0.717) is 0 Å². The first-order chi connectivity index (χ1) is 8.92. The quantitative estimate of drug-likeness (QED) is 0.810. The standard InChI is InChI=1S/C14H17N3S/c1-2-13-12(3-6-16-13)9-11(1)10-15-5-4-14-17-7-8-18-14/h1-2,7-9,15-16H,3-6,10H2. The molecule has 0 radical (unpaired) electrons. The van der Waals surface area contributed by atoms with E-state index in [1.807, 2.05) is 11.6 Å². The van der Waals surface area contributed by atoms with Crippen molar-refractivity contribution in [2.24, 2.45) is 0 Å². The molecule has 3 nitrogen and oxygen atoms in total. The Morgan fingerprint density at radius 3 is 3.28 bits per heavy atom. The molecule has 0 amide bonds. The van der Waals surface area contributed by atoms with Crippen molar-refractivity contribution in [1.29, 1.82) is 0 Å². The Balaban J connectivity index is 1.48. The van der Waals surface area contributed by atoms with Gasteiger partial charge < -0.3 is 10.6 Å². The third-order valence-corrected chi connectivity index (χ3v) is 4.05. The van der Waals surface area contributed by atoms with Crippen LogP contribution in [0.25, 0.3) is 0 Å². The second kappa shape index (κ2) is 5.50. The summed E-state index contributed by atoms with van der Waals surface area (Å²) in [6.45, 7) is 3.01. The molecule has 0 unspecified atom stereocenters. The molecule has 0 bridgehead atoms. The first-order valence-electron chi connectivity index (χ1n) is 6.36. The predicted molar refractivity (Wildman–Crippen MR) is 76.2 cm³/mol. The lowest BCUT2D eigenvalue weighted by atomic mass is 10.1. The maximum atomic E-state index is 4.28. The maximum absolute atomic E-state index is 4.28. The number of rotatable bonds is 5. The molecule has 0 aliphatic carbocycles. The van der Waals surface area contributed by atoms with Crippen LogP contribution in [0, 0.1) is 0 Å². The van der Waals surface area contributed by atoms with E-state index in [1.54, 1.807) is 11.3 Å². The Bertz CT molecular complexity index is 508. The normalized spacial score (nSPS) is 13.3. The molecule has 0 fully saturated rings. The van der Waals surface area contributed by atoms with Crippen molar-refractivity contribution in [3.05, 3.63) is 45.9 Å². The van der Waals surface area contributed by atoms with Gasteiger partial charge in [0.15, 0.2) is 0 Å². The number of fused-ring (bicyclic) bond motifs is 1. The summed E-state index contributed by atoms with van der Waals surface area (Å²) >= 11 is 1.73. The minimum Gasteiger partial charge on any atom is -0.384 e. The first-order valence-corrected chi connectivity index (χ1v) is 7.24. The van der Waals surface area contributed by atoms with Crippen LogP contribution in [-0.2, 0) is 19.4 Å². The van der Waals surface area contributed by atoms with Gasteiger partial charge in [-0.25, -0.2) is 4.98 Å². The number of thiazole rings is 1. The van der Waals surface area contributed by atoms with Gasteiger partial charge in [0.2, 0.25) is 0 Å². The number of nitrogens with one attached hydrogen (secondary N) is 2. The molecule has 0 spiro atoms. The number of hydrogen-bond acceptors (Lipinski definition) is 4. The van der Waals surface area contributed by atoms with E-state index in [0.717, 1.165) is 32.5 Å². The molecule has 0 saturated heterocycles. The zero-order valence-corrected chi connectivity index (χ0v) is 11.1. The molecule has 2 aromatic rings. The van der Waals surface area contributed by atoms with E-state index in [-0.39, 0.29) is 0 Å². The molecule has 94 valence electrons. The third-order valence-electron chi connectivity index (χ3n) is 3.21. The number of benzene rings is 1. The molecular formula is C14H17N3S.